The predicted octanol–water partition coefficient (Wildman–Crippen LogP) is 12.1. The molecule has 0 fully saturated rings. The van der Waals surface area contributed by atoms with Crippen molar-refractivity contribution in [1.82, 2.24) is 29.9 Å². The van der Waals surface area contributed by atoms with E-state index in [9.17, 15) is 0 Å². The van der Waals surface area contributed by atoms with Crippen LogP contribution in [0.2, 0.25) is 0 Å². The van der Waals surface area contributed by atoms with Crippen LogP contribution in [0.4, 0.5) is 0 Å². The van der Waals surface area contributed by atoms with Crippen LogP contribution in [-0.4, -0.2) is 29.9 Å². The van der Waals surface area contributed by atoms with Crippen LogP contribution in [0.15, 0.2) is 126 Å². The Morgan fingerprint density at radius 2 is 0.855 bits per heavy atom. The number of fused-ring (bicyclic) bond motifs is 4. The Bertz CT molecular complexity index is 2460. The summed E-state index contributed by atoms with van der Waals surface area (Å²) < 4.78 is 5.31. The molecule has 0 aliphatic heterocycles. The second kappa shape index (κ2) is 18.6. The van der Waals surface area contributed by atoms with Crippen molar-refractivity contribution in [2.75, 3.05) is 0 Å². The van der Waals surface area contributed by atoms with E-state index in [1.54, 1.807) is 0 Å². The van der Waals surface area contributed by atoms with E-state index in [1.807, 2.05) is 83.4 Å². The van der Waals surface area contributed by atoms with Crippen molar-refractivity contribution >= 4 is 43.8 Å². The fourth-order valence-corrected chi connectivity index (χ4v) is 5.76. The molecule has 0 saturated carbocycles. The van der Waals surface area contributed by atoms with Crippen molar-refractivity contribution in [2.24, 2.45) is 0 Å². The first-order valence-corrected chi connectivity index (χ1v) is 18.4. The van der Waals surface area contributed by atoms with Crippen LogP contribution in [0.1, 0.15) is 56.6 Å². The third kappa shape index (κ3) is 12.1. The predicted molar refractivity (Wildman–Crippen MR) is 229 cm³/mol. The minimum atomic E-state index is 0.727. The van der Waals surface area contributed by atoms with Crippen LogP contribution in [0.3, 0.4) is 0 Å². The van der Waals surface area contributed by atoms with E-state index in [2.05, 4.69) is 137 Å². The number of hydrogen-bond acceptors (Lipinski definition) is 7. The molecule has 5 aromatic carbocycles. The Hall–Kier alpha value is -6.34. The summed E-state index contributed by atoms with van der Waals surface area (Å²) in [5.74, 6) is 2.38. The molecule has 0 saturated heterocycles. The normalized spacial score (nSPS) is 10.4. The van der Waals surface area contributed by atoms with Crippen molar-refractivity contribution in [2.45, 2.75) is 69.2 Å². The van der Waals surface area contributed by atoms with Gasteiger partial charge in [0.2, 0.25) is 0 Å². The number of pyridine rings is 1. The number of rotatable bonds is 0. The molecule has 7 heteroatoms. The second-order valence-corrected chi connectivity index (χ2v) is 14.0. The van der Waals surface area contributed by atoms with E-state index in [-0.39, 0.29) is 0 Å². The summed E-state index contributed by atoms with van der Waals surface area (Å²) in [6, 6.07) is 37.3. The molecule has 0 radical (unpaired) electrons. The van der Waals surface area contributed by atoms with Crippen molar-refractivity contribution in [3.8, 4) is 0 Å². The van der Waals surface area contributed by atoms with Gasteiger partial charge in [0.15, 0.2) is 11.5 Å². The number of aryl methyl sites for hydroxylation is 10. The molecule has 0 bridgehead atoms. The summed E-state index contributed by atoms with van der Waals surface area (Å²) >= 11 is 0. The Balaban J connectivity index is 0.000000133. The molecule has 55 heavy (non-hydrogen) atoms. The summed E-state index contributed by atoms with van der Waals surface area (Å²) in [5, 5.41) is 3.43. The number of benzene rings is 5. The van der Waals surface area contributed by atoms with Crippen molar-refractivity contribution in [3.05, 3.63) is 178 Å². The third-order valence-electron chi connectivity index (χ3n) is 8.52. The third-order valence-corrected chi connectivity index (χ3v) is 8.52. The summed E-state index contributed by atoms with van der Waals surface area (Å²) in [6.07, 6.45) is 3.72. The molecular weight excluding hydrogens is 677 g/mol. The highest BCUT2D eigenvalue weighted by molar-refractivity contribution is 5.80. The molecule has 0 unspecified atom stereocenters. The number of oxazole rings is 1. The zero-order chi connectivity index (χ0) is 39.5. The molecule has 0 amide bonds. The van der Waals surface area contributed by atoms with Gasteiger partial charge in [-0.25, -0.2) is 24.9 Å². The maximum atomic E-state index is 5.31. The molecule has 4 aromatic heterocycles. The molecule has 7 nitrogen and oxygen atoms in total. The topological polar surface area (TPSA) is 90.5 Å². The largest absolute Gasteiger partial charge is 0.441 e. The summed E-state index contributed by atoms with van der Waals surface area (Å²) in [7, 11) is 0. The Labute approximate surface area is 324 Å². The van der Waals surface area contributed by atoms with E-state index >= 15 is 0 Å². The lowest BCUT2D eigenvalue weighted by Crippen LogP contribution is -1.87. The zero-order valence-electron chi connectivity index (χ0n) is 33.6. The molecular formula is C48H50N6O. The Kier molecular flexibility index (Phi) is 13.5. The van der Waals surface area contributed by atoms with Crippen molar-refractivity contribution in [1.29, 1.82) is 0 Å². The Morgan fingerprint density at radius 3 is 1.49 bits per heavy atom. The molecule has 4 heterocycles. The minimum absolute atomic E-state index is 0.727. The molecule has 0 atom stereocenters. The van der Waals surface area contributed by atoms with Gasteiger partial charge in [-0.15, -0.1) is 0 Å². The maximum absolute atomic E-state index is 5.31. The van der Waals surface area contributed by atoms with Crippen LogP contribution in [0, 0.1) is 69.2 Å². The summed E-state index contributed by atoms with van der Waals surface area (Å²) in [4.78, 5) is 25.5. The van der Waals surface area contributed by atoms with Gasteiger partial charge >= 0.3 is 0 Å². The van der Waals surface area contributed by atoms with Crippen LogP contribution in [-0.2, 0) is 0 Å². The quantitative estimate of drug-likeness (QED) is 0.154. The van der Waals surface area contributed by atoms with Crippen molar-refractivity contribution in [3.63, 3.8) is 0 Å². The van der Waals surface area contributed by atoms with Crippen LogP contribution in [0.25, 0.3) is 43.8 Å². The molecule has 9 aromatic rings. The number of hydrogen-bond donors (Lipinski definition) is 0. The first-order valence-electron chi connectivity index (χ1n) is 18.4. The lowest BCUT2D eigenvalue weighted by molar-refractivity contribution is 0.561. The zero-order valence-corrected chi connectivity index (χ0v) is 33.6. The fourth-order valence-electron chi connectivity index (χ4n) is 5.76. The van der Waals surface area contributed by atoms with Gasteiger partial charge in [0.25, 0.3) is 0 Å². The highest BCUT2D eigenvalue weighted by Crippen LogP contribution is 2.17. The fraction of sp³-hybridized carbons (Fsp3) is 0.208. The van der Waals surface area contributed by atoms with Gasteiger partial charge in [0, 0.05) is 41.2 Å². The van der Waals surface area contributed by atoms with E-state index in [0.717, 1.165) is 61.7 Å². The molecule has 278 valence electrons. The average molecular weight is 727 g/mol. The standard InChI is InChI=1S/C11H11N.2C10H10N2.C9H9NO.C8H10/c1-8-3-5-10-6-4-9(2)12-11(10)7-8;1-7-3-4-10-9(5-7)6-11-8(2)12-10;1-7-3-4-9-6-11-8(2)12-10(9)5-7;1-6-3-4-9-8(5-6)10-7(2)11-9;1-7-4-3-5-8(2)6-7/h3-7H,1-2H3;2*3-6H,1-2H3;3-5H,1-2H3;3-6H,1-2H3. The summed E-state index contributed by atoms with van der Waals surface area (Å²) in [6.45, 7) is 20.2. The first-order chi connectivity index (χ1) is 26.3. The summed E-state index contributed by atoms with van der Waals surface area (Å²) in [5.41, 5.74) is 13.7. The first kappa shape index (κ1) is 39.9. The smallest absolute Gasteiger partial charge is 0.192 e. The van der Waals surface area contributed by atoms with E-state index in [1.165, 1.54) is 38.8 Å². The van der Waals surface area contributed by atoms with E-state index in [0.29, 0.717) is 0 Å². The van der Waals surface area contributed by atoms with Crippen molar-refractivity contribution < 1.29 is 4.42 Å². The van der Waals surface area contributed by atoms with E-state index in [4.69, 9.17) is 4.42 Å². The average Bonchev–Trinajstić information content (AvgIpc) is 3.51. The van der Waals surface area contributed by atoms with Crippen LogP contribution in [0.5, 0.6) is 0 Å². The Morgan fingerprint density at radius 1 is 0.364 bits per heavy atom. The number of aromatic nitrogens is 6. The molecule has 0 aliphatic rings. The highest BCUT2D eigenvalue weighted by atomic mass is 16.3. The van der Waals surface area contributed by atoms with Gasteiger partial charge in [0.05, 0.1) is 16.6 Å². The van der Waals surface area contributed by atoms with Gasteiger partial charge in [-0.3, -0.25) is 4.98 Å². The lowest BCUT2D eigenvalue weighted by Gasteiger charge is -1.99. The van der Waals surface area contributed by atoms with Crippen LogP contribution < -0.4 is 0 Å². The highest BCUT2D eigenvalue weighted by Gasteiger charge is 2.00. The molecule has 0 spiro atoms. The van der Waals surface area contributed by atoms with Gasteiger partial charge in [-0.1, -0.05) is 83.4 Å². The van der Waals surface area contributed by atoms with Crippen LogP contribution >= 0.6 is 0 Å². The number of nitrogens with zero attached hydrogens (tertiary/aromatic N) is 6. The minimum Gasteiger partial charge on any atom is -0.441 e. The van der Waals surface area contributed by atoms with Gasteiger partial charge in [0.1, 0.15) is 17.2 Å². The maximum Gasteiger partial charge on any atom is 0.192 e. The van der Waals surface area contributed by atoms with E-state index < -0.39 is 0 Å². The second-order valence-electron chi connectivity index (χ2n) is 14.0. The molecule has 0 N–H and O–H groups in total. The van der Waals surface area contributed by atoms with Gasteiger partial charge in [-0.05, 0) is 121 Å². The molecule has 9 rings (SSSR count). The van der Waals surface area contributed by atoms with Gasteiger partial charge in [-0.2, -0.15) is 0 Å². The van der Waals surface area contributed by atoms with Gasteiger partial charge < -0.3 is 4.42 Å². The lowest BCUT2D eigenvalue weighted by atomic mass is 10.1. The monoisotopic (exact) mass is 726 g/mol. The SMILES string of the molecule is Cc1ccc2ccc(C)nc2c1.Cc1ccc2cnc(C)nc2c1.Cc1ccc2nc(C)ncc2c1.Cc1ccc2oc(C)nc2c1.Cc1cccc(C)c1. The molecule has 0 aliphatic carbocycles.